The molecule has 0 bridgehead atoms. The number of nitriles is 1. The van der Waals surface area contributed by atoms with Crippen molar-refractivity contribution >= 4 is 35.5 Å². The standard InChI is InChI=1S/C36H45N9O5/c1-36(2,21-41-32(46)38-3)22-42-34(48)43-29-10-6-24(7-11-29)20-40-33(47)39-14-5-15-45(4)35(49)44-30-12-8-25-16-26-9-13-31(50-23-37)19-28(26)17-27(25)18-30/h6-13,18-19H,5,14-17,20-22H2,1-4H3,(H,44,49)(H2,38,41,46)(H2,39,40,47)(H2,42,43,48). The van der Waals surface area contributed by atoms with Crippen molar-refractivity contribution in [3.05, 3.63) is 88.5 Å². The van der Waals surface area contributed by atoms with Gasteiger partial charge in [0.05, 0.1) is 0 Å². The third-order valence-electron chi connectivity index (χ3n) is 8.21. The topological polar surface area (TPSA) is 189 Å². The first-order valence-electron chi connectivity index (χ1n) is 16.4. The SMILES string of the molecule is CNC(=O)NCC(C)(C)CNC(=O)Nc1ccc(CNC(=O)NCCCN(C)C(=O)Nc2ccc3c(c2)Cc2cc(OC#N)ccc2C3)cc1. The summed E-state index contributed by atoms with van der Waals surface area (Å²) in [6.07, 6.45) is 3.73. The van der Waals surface area contributed by atoms with Gasteiger partial charge in [-0.15, -0.1) is 5.26 Å². The summed E-state index contributed by atoms with van der Waals surface area (Å²) in [5.41, 5.74) is 6.42. The molecule has 4 rings (SSSR count). The fraction of sp³-hybridized carbons (Fsp3) is 0.361. The first-order chi connectivity index (χ1) is 23.9. The number of urea groups is 4. The van der Waals surface area contributed by atoms with Crippen LogP contribution in [0.3, 0.4) is 0 Å². The third-order valence-corrected chi connectivity index (χ3v) is 8.21. The summed E-state index contributed by atoms with van der Waals surface area (Å²) in [6.45, 7) is 5.75. The molecule has 50 heavy (non-hydrogen) atoms. The van der Waals surface area contributed by atoms with Crippen LogP contribution in [0.1, 0.15) is 48.1 Å². The highest BCUT2D eigenvalue weighted by Crippen LogP contribution is 2.31. The molecule has 14 nitrogen and oxygen atoms in total. The molecule has 0 radical (unpaired) electrons. The molecule has 14 heteroatoms. The lowest BCUT2D eigenvalue weighted by Gasteiger charge is -2.25. The van der Waals surface area contributed by atoms with Crippen molar-refractivity contribution in [2.24, 2.45) is 5.41 Å². The maximum Gasteiger partial charge on any atom is 0.321 e. The van der Waals surface area contributed by atoms with E-state index in [2.05, 4.69) is 37.2 Å². The van der Waals surface area contributed by atoms with Crippen LogP contribution < -0.4 is 42.0 Å². The second-order valence-corrected chi connectivity index (χ2v) is 12.9. The van der Waals surface area contributed by atoms with Gasteiger partial charge in [-0.2, -0.15) is 0 Å². The molecular weight excluding hydrogens is 638 g/mol. The van der Waals surface area contributed by atoms with E-state index in [0.29, 0.717) is 62.7 Å². The maximum atomic E-state index is 12.8. The molecule has 0 unspecified atom stereocenters. The van der Waals surface area contributed by atoms with Crippen LogP contribution in [0, 0.1) is 16.9 Å². The van der Waals surface area contributed by atoms with Gasteiger partial charge in [-0.3, -0.25) is 0 Å². The van der Waals surface area contributed by atoms with Crippen LogP contribution in [0.15, 0.2) is 60.7 Å². The Morgan fingerprint density at radius 3 is 2.12 bits per heavy atom. The predicted molar refractivity (Wildman–Crippen MR) is 191 cm³/mol. The number of fused-ring (bicyclic) bond motifs is 2. The van der Waals surface area contributed by atoms with Crippen LogP contribution in [-0.4, -0.2) is 69.3 Å². The summed E-state index contributed by atoms with van der Waals surface area (Å²) in [5.74, 6) is 0.516. The van der Waals surface area contributed by atoms with Crippen LogP contribution in [0.5, 0.6) is 5.75 Å². The molecule has 3 aromatic carbocycles. The fourth-order valence-electron chi connectivity index (χ4n) is 5.26. The van der Waals surface area contributed by atoms with E-state index in [1.807, 2.05) is 56.3 Å². The molecule has 0 atom stereocenters. The summed E-state index contributed by atoms with van der Waals surface area (Å²) in [4.78, 5) is 50.4. The average Bonchev–Trinajstić information content (AvgIpc) is 3.10. The molecule has 1 aliphatic rings. The van der Waals surface area contributed by atoms with Crippen LogP contribution in [0.25, 0.3) is 0 Å². The minimum Gasteiger partial charge on any atom is -0.388 e. The Morgan fingerprint density at radius 2 is 1.42 bits per heavy atom. The Morgan fingerprint density at radius 1 is 0.780 bits per heavy atom. The normalized spacial score (nSPS) is 11.4. The van der Waals surface area contributed by atoms with E-state index < -0.39 is 0 Å². The molecule has 264 valence electrons. The van der Waals surface area contributed by atoms with Gasteiger partial charge in [-0.1, -0.05) is 38.1 Å². The van der Waals surface area contributed by atoms with Crippen LogP contribution >= 0.6 is 0 Å². The van der Waals surface area contributed by atoms with Gasteiger partial charge in [-0.25, -0.2) is 19.2 Å². The molecule has 8 amide bonds. The molecule has 0 spiro atoms. The minimum absolute atomic E-state index is 0.246. The van der Waals surface area contributed by atoms with E-state index in [9.17, 15) is 19.2 Å². The summed E-state index contributed by atoms with van der Waals surface area (Å²) >= 11 is 0. The minimum atomic E-state index is -0.361. The van der Waals surface area contributed by atoms with Crippen molar-refractivity contribution in [1.82, 2.24) is 31.5 Å². The van der Waals surface area contributed by atoms with Crippen LogP contribution in [0.2, 0.25) is 0 Å². The Labute approximate surface area is 292 Å². The molecular formula is C36H45N9O5. The zero-order chi connectivity index (χ0) is 36.1. The first-order valence-corrected chi connectivity index (χ1v) is 16.4. The zero-order valence-electron chi connectivity index (χ0n) is 28.9. The number of benzene rings is 3. The number of carbonyl (C=O) groups excluding carboxylic acids is 4. The van der Waals surface area contributed by atoms with Gasteiger partial charge in [0, 0.05) is 58.2 Å². The molecule has 0 saturated carbocycles. The van der Waals surface area contributed by atoms with Gasteiger partial charge in [0.25, 0.3) is 6.26 Å². The lowest BCUT2D eigenvalue weighted by Crippen LogP contribution is -2.45. The quantitative estimate of drug-likeness (QED) is 0.0804. The van der Waals surface area contributed by atoms with E-state index in [1.54, 1.807) is 43.4 Å². The second kappa shape index (κ2) is 17.4. The van der Waals surface area contributed by atoms with Gasteiger partial charge in [-0.05, 0) is 88.9 Å². The molecule has 0 heterocycles. The van der Waals surface area contributed by atoms with Crippen molar-refractivity contribution < 1.29 is 23.9 Å². The maximum absolute atomic E-state index is 12.8. The van der Waals surface area contributed by atoms with Crippen molar-refractivity contribution in [3.63, 3.8) is 0 Å². The van der Waals surface area contributed by atoms with E-state index >= 15 is 0 Å². The zero-order valence-corrected chi connectivity index (χ0v) is 28.9. The number of anilines is 2. The van der Waals surface area contributed by atoms with Gasteiger partial charge < -0.3 is 46.9 Å². The second-order valence-electron chi connectivity index (χ2n) is 12.9. The van der Waals surface area contributed by atoms with E-state index in [-0.39, 0.29) is 29.5 Å². The first kappa shape index (κ1) is 36.9. The number of nitrogens with zero attached hydrogens (tertiary/aromatic N) is 2. The molecule has 0 aromatic heterocycles. The van der Waals surface area contributed by atoms with Crippen molar-refractivity contribution in [2.45, 2.75) is 39.7 Å². The number of amides is 8. The number of hydrogen-bond donors (Lipinski definition) is 7. The van der Waals surface area contributed by atoms with E-state index in [4.69, 9.17) is 10.00 Å². The average molecular weight is 684 g/mol. The summed E-state index contributed by atoms with van der Waals surface area (Å²) in [7, 11) is 3.25. The predicted octanol–water partition coefficient (Wildman–Crippen LogP) is 4.47. The molecule has 7 N–H and O–H groups in total. The fourth-order valence-corrected chi connectivity index (χ4v) is 5.26. The highest BCUT2D eigenvalue weighted by atomic mass is 16.5. The third kappa shape index (κ3) is 11.3. The number of nitrogens with one attached hydrogen (secondary N) is 7. The number of ether oxygens (including phenoxy) is 1. The summed E-state index contributed by atoms with van der Waals surface area (Å²) in [6, 6.07) is 17.5. The number of carbonyl (C=O) groups is 4. The molecule has 0 aliphatic heterocycles. The Balaban J connectivity index is 1.11. The lowest BCUT2D eigenvalue weighted by atomic mass is 9.86. The van der Waals surface area contributed by atoms with Crippen LogP contribution in [-0.2, 0) is 19.4 Å². The Bertz CT molecular complexity index is 1720. The number of hydrogen-bond acceptors (Lipinski definition) is 6. The van der Waals surface area contributed by atoms with Crippen molar-refractivity contribution in [1.29, 1.82) is 5.26 Å². The van der Waals surface area contributed by atoms with Gasteiger partial charge in [0.2, 0.25) is 0 Å². The molecule has 0 fully saturated rings. The number of rotatable bonds is 13. The monoisotopic (exact) mass is 683 g/mol. The summed E-state index contributed by atoms with van der Waals surface area (Å²) < 4.78 is 4.98. The smallest absolute Gasteiger partial charge is 0.321 e. The van der Waals surface area contributed by atoms with Gasteiger partial charge >= 0.3 is 24.1 Å². The lowest BCUT2D eigenvalue weighted by molar-refractivity contribution is 0.221. The molecule has 0 saturated heterocycles. The van der Waals surface area contributed by atoms with Crippen molar-refractivity contribution in [3.8, 4) is 12.0 Å². The Kier molecular flexibility index (Phi) is 12.9. The highest BCUT2D eigenvalue weighted by molar-refractivity contribution is 5.90. The van der Waals surface area contributed by atoms with Crippen LogP contribution in [0.4, 0.5) is 30.6 Å². The van der Waals surface area contributed by atoms with E-state index in [1.165, 1.54) is 11.1 Å². The Hall–Kier alpha value is -5.97. The largest absolute Gasteiger partial charge is 0.388 e. The summed E-state index contributed by atoms with van der Waals surface area (Å²) in [5, 5.41) is 28.2. The highest BCUT2D eigenvalue weighted by Gasteiger charge is 2.20. The molecule has 1 aliphatic carbocycles. The van der Waals surface area contributed by atoms with Gasteiger partial charge in [0.1, 0.15) is 5.75 Å². The molecule has 3 aromatic rings. The van der Waals surface area contributed by atoms with E-state index in [0.717, 1.165) is 23.1 Å². The van der Waals surface area contributed by atoms with Gasteiger partial charge in [0.15, 0.2) is 0 Å². The van der Waals surface area contributed by atoms with Crippen molar-refractivity contribution in [2.75, 3.05) is 50.9 Å².